The van der Waals surface area contributed by atoms with Crippen LogP contribution in [0, 0.1) is 6.92 Å². The predicted molar refractivity (Wildman–Crippen MR) is 73.1 cm³/mol. The molecule has 0 aliphatic heterocycles. The van der Waals surface area contributed by atoms with Gasteiger partial charge < -0.3 is 15.0 Å². The molecule has 1 heterocycles. The standard InChI is InChI=1S/C12H13F3N2O4S/c1-5-6(10(19)21-4)8(16-11(20)12(13,14)15)22-7(5)9(18)17(2)3/h1-4H3,(H,16,20). The maximum atomic E-state index is 12.3. The van der Waals surface area contributed by atoms with Crippen LogP contribution in [0.4, 0.5) is 18.2 Å². The fourth-order valence-corrected chi connectivity index (χ4v) is 2.74. The van der Waals surface area contributed by atoms with E-state index in [4.69, 9.17) is 0 Å². The Labute approximate surface area is 127 Å². The molecule has 0 bridgehead atoms. The van der Waals surface area contributed by atoms with Crippen LogP contribution in [0.5, 0.6) is 0 Å². The second-order valence-corrected chi connectivity index (χ2v) is 5.42. The molecule has 22 heavy (non-hydrogen) atoms. The highest BCUT2D eigenvalue weighted by Gasteiger charge is 2.40. The predicted octanol–water partition coefficient (Wildman–Crippen LogP) is 2.05. The van der Waals surface area contributed by atoms with E-state index >= 15 is 0 Å². The van der Waals surface area contributed by atoms with E-state index < -0.39 is 24.0 Å². The molecule has 6 nitrogen and oxygen atoms in total. The third-order valence-electron chi connectivity index (χ3n) is 2.62. The summed E-state index contributed by atoms with van der Waals surface area (Å²) in [5.74, 6) is -3.67. The second kappa shape index (κ2) is 6.34. The number of hydrogen-bond acceptors (Lipinski definition) is 5. The van der Waals surface area contributed by atoms with E-state index in [9.17, 15) is 27.6 Å². The van der Waals surface area contributed by atoms with Gasteiger partial charge in [0.05, 0.1) is 17.6 Å². The third-order valence-corrected chi connectivity index (χ3v) is 3.82. The van der Waals surface area contributed by atoms with E-state index in [2.05, 4.69) is 4.74 Å². The molecule has 0 unspecified atom stereocenters. The summed E-state index contributed by atoms with van der Waals surface area (Å²) in [4.78, 5) is 36.0. The SMILES string of the molecule is COC(=O)c1c(NC(=O)C(F)(F)F)sc(C(=O)N(C)C)c1C. The Morgan fingerprint density at radius 2 is 1.77 bits per heavy atom. The number of esters is 1. The van der Waals surface area contributed by atoms with Crippen LogP contribution >= 0.6 is 11.3 Å². The molecule has 0 aliphatic carbocycles. The Balaban J connectivity index is 3.37. The molecule has 1 aromatic heterocycles. The van der Waals surface area contributed by atoms with Gasteiger partial charge >= 0.3 is 18.1 Å². The van der Waals surface area contributed by atoms with Crippen LogP contribution in [0.1, 0.15) is 25.6 Å². The molecule has 0 radical (unpaired) electrons. The average molecular weight is 338 g/mol. The van der Waals surface area contributed by atoms with Crippen LogP contribution in [-0.4, -0.2) is 50.1 Å². The van der Waals surface area contributed by atoms with Gasteiger partial charge in [0.15, 0.2) is 0 Å². The van der Waals surface area contributed by atoms with Gasteiger partial charge in [0.2, 0.25) is 0 Å². The summed E-state index contributed by atoms with van der Waals surface area (Å²) in [7, 11) is 3.95. The van der Waals surface area contributed by atoms with Crippen molar-refractivity contribution in [2.24, 2.45) is 0 Å². The number of carbonyl (C=O) groups is 3. The molecule has 0 aliphatic rings. The molecule has 1 N–H and O–H groups in total. The number of ether oxygens (including phenoxy) is 1. The second-order valence-electron chi connectivity index (χ2n) is 4.40. The highest BCUT2D eigenvalue weighted by atomic mass is 32.1. The summed E-state index contributed by atoms with van der Waals surface area (Å²) in [6.45, 7) is 1.39. The summed E-state index contributed by atoms with van der Waals surface area (Å²) < 4.78 is 41.5. The Kier molecular flexibility index (Phi) is 5.17. The molecule has 1 rings (SSSR count). The number of anilines is 1. The molecule has 122 valence electrons. The van der Waals surface area contributed by atoms with E-state index in [1.54, 1.807) is 5.32 Å². The van der Waals surface area contributed by atoms with Crippen molar-refractivity contribution in [2.75, 3.05) is 26.5 Å². The lowest BCUT2D eigenvalue weighted by molar-refractivity contribution is -0.167. The van der Waals surface area contributed by atoms with E-state index in [-0.39, 0.29) is 21.0 Å². The lowest BCUT2D eigenvalue weighted by Gasteiger charge is -2.08. The molecule has 0 spiro atoms. The monoisotopic (exact) mass is 338 g/mol. The van der Waals surface area contributed by atoms with Crippen LogP contribution in [0.2, 0.25) is 0 Å². The minimum absolute atomic E-state index is 0.0443. The Morgan fingerprint density at radius 3 is 2.18 bits per heavy atom. The first-order chi connectivity index (χ1) is 10.0. The maximum absolute atomic E-state index is 12.3. The van der Waals surface area contributed by atoms with Gasteiger partial charge in [-0.15, -0.1) is 11.3 Å². The van der Waals surface area contributed by atoms with Crippen LogP contribution in [0.15, 0.2) is 0 Å². The van der Waals surface area contributed by atoms with Crippen LogP contribution in [-0.2, 0) is 9.53 Å². The van der Waals surface area contributed by atoms with Crippen molar-refractivity contribution in [3.05, 3.63) is 16.0 Å². The number of methoxy groups -OCH3 is 1. The number of nitrogens with zero attached hydrogens (tertiary/aromatic N) is 1. The third kappa shape index (κ3) is 3.56. The fraction of sp³-hybridized carbons (Fsp3) is 0.417. The van der Waals surface area contributed by atoms with Gasteiger partial charge in [0, 0.05) is 14.1 Å². The first-order valence-electron chi connectivity index (χ1n) is 5.82. The summed E-state index contributed by atoms with van der Waals surface area (Å²) in [5, 5.41) is 1.23. The zero-order valence-electron chi connectivity index (χ0n) is 12.1. The number of thiophene rings is 1. The normalized spacial score (nSPS) is 11.0. The Morgan fingerprint density at radius 1 is 1.23 bits per heavy atom. The molecule has 0 atom stereocenters. The lowest BCUT2D eigenvalue weighted by Crippen LogP contribution is -2.30. The maximum Gasteiger partial charge on any atom is 0.471 e. The first-order valence-corrected chi connectivity index (χ1v) is 6.63. The summed E-state index contributed by atoms with van der Waals surface area (Å²) in [6, 6.07) is 0. The Bertz CT molecular complexity index is 623. The van der Waals surface area contributed by atoms with Gasteiger partial charge in [-0.25, -0.2) is 4.79 Å². The largest absolute Gasteiger partial charge is 0.471 e. The van der Waals surface area contributed by atoms with Crippen molar-refractivity contribution in [3.8, 4) is 0 Å². The van der Waals surface area contributed by atoms with Gasteiger partial charge in [-0.2, -0.15) is 13.2 Å². The van der Waals surface area contributed by atoms with Gasteiger partial charge in [-0.3, -0.25) is 9.59 Å². The zero-order valence-corrected chi connectivity index (χ0v) is 12.9. The van der Waals surface area contributed by atoms with Crippen molar-refractivity contribution in [3.63, 3.8) is 0 Å². The molecule has 0 saturated heterocycles. The first kappa shape index (κ1) is 18.0. The van der Waals surface area contributed by atoms with Crippen LogP contribution in [0.25, 0.3) is 0 Å². The van der Waals surface area contributed by atoms with E-state index in [1.807, 2.05) is 0 Å². The molecule has 10 heteroatoms. The molecule has 2 amide bonds. The highest BCUT2D eigenvalue weighted by Crippen LogP contribution is 2.35. The van der Waals surface area contributed by atoms with Crippen molar-refractivity contribution in [1.82, 2.24) is 4.90 Å². The molecule has 1 aromatic rings. The average Bonchev–Trinajstić information content (AvgIpc) is 2.72. The smallest absolute Gasteiger partial charge is 0.465 e. The zero-order chi connectivity index (χ0) is 17.2. The van der Waals surface area contributed by atoms with Gasteiger partial charge in [0.25, 0.3) is 5.91 Å². The van der Waals surface area contributed by atoms with Crippen molar-refractivity contribution in [1.29, 1.82) is 0 Å². The number of halogens is 3. The summed E-state index contributed by atoms with van der Waals surface area (Å²) in [6.07, 6.45) is -5.11. The highest BCUT2D eigenvalue weighted by molar-refractivity contribution is 7.18. The molecule has 0 aromatic carbocycles. The summed E-state index contributed by atoms with van der Waals surface area (Å²) in [5.41, 5.74) is -0.122. The summed E-state index contributed by atoms with van der Waals surface area (Å²) >= 11 is 0.587. The number of rotatable bonds is 3. The van der Waals surface area contributed by atoms with Crippen molar-refractivity contribution >= 4 is 34.1 Å². The van der Waals surface area contributed by atoms with Gasteiger partial charge in [-0.05, 0) is 12.5 Å². The van der Waals surface area contributed by atoms with E-state index in [0.717, 1.165) is 7.11 Å². The number of alkyl halides is 3. The number of hydrogen-bond donors (Lipinski definition) is 1. The molecule has 0 saturated carbocycles. The Hall–Kier alpha value is -2.10. The molecular weight excluding hydrogens is 325 g/mol. The van der Waals surface area contributed by atoms with E-state index in [0.29, 0.717) is 11.3 Å². The van der Waals surface area contributed by atoms with Gasteiger partial charge in [-0.1, -0.05) is 0 Å². The quantitative estimate of drug-likeness (QED) is 0.856. The van der Waals surface area contributed by atoms with Crippen molar-refractivity contribution < 1.29 is 32.3 Å². The number of amides is 2. The molecule has 0 fully saturated rings. The fourth-order valence-electron chi connectivity index (χ4n) is 1.53. The van der Waals surface area contributed by atoms with Gasteiger partial charge in [0.1, 0.15) is 5.00 Å². The minimum Gasteiger partial charge on any atom is -0.465 e. The lowest BCUT2D eigenvalue weighted by atomic mass is 10.1. The minimum atomic E-state index is -5.11. The van der Waals surface area contributed by atoms with E-state index in [1.165, 1.54) is 25.9 Å². The van der Waals surface area contributed by atoms with Crippen LogP contribution in [0.3, 0.4) is 0 Å². The topological polar surface area (TPSA) is 75.7 Å². The number of carbonyl (C=O) groups excluding carboxylic acids is 3. The molecular formula is C12H13F3N2O4S. The van der Waals surface area contributed by atoms with Crippen molar-refractivity contribution in [2.45, 2.75) is 13.1 Å². The van der Waals surface area contributed by atoms with Crippen LogP contribution < -0.4 is 5.32 Å². The number of nitrogens with one attached hydrogen (secondary N) is 1.